The Morgan fingerprint density at radius 2 is 1.90 bits per heavy atom. The Bertz CT molecular complexity index is 586. The third-order valence-corrected chi connectivity index (χ3v) is 3.99. The molecule has 0 aromatic heterocycles. The van der Waals surface area contributed by atoms with Crippen molar-refractivity contribution in [1.82, 2.24) is 5.32 Å². The standard InChI is InChI=1S/C17H20FNOS/c1-4-19-12(2)17-15(18)6-5-7-16(17)20-13-8-10-14(21-3)11-9-13/h5-12,19H,4H2,1-3H3. The van der Waals surface area contributed by atoms with Crippen molar-refractivity contribution >= 4 is 11.8 Å². The first kappa shape index (κ1) is 15.9. The monoisotopic (exact) mass is 305 g/mol. The minimum absolute atomic E-state index is 0.100. The molecule has 1 atom stereocenters. The van der Waals surface area contributed by atoms with E-state index in [0.717, 1.165) is 6.54 Å². The Balaban J connectivity index is 2.28. The second-order valence-corrected chi connectivity index (χ2v) is 5.59. The maximum atomic E-state index is 14.1. The van der Waals surface area contributed by atoms with Crippen LogP contribution in [-0.4, -0.2) is 12.8 Å². The number of hydrogen-bond donors (Lipinski definition) is 1. The Morgan fingerprint density at radius 3 is 2.52 bits per heavy atom. The van der Waals surface area contributed by atoms with Gasteiger partial charge < -0.3 is 10.1 Å². The van der Waals surface area contributed by atoms with Crippen LogP contribution in [0.3, 0.4) is 0 Å². The summed E-state index contributed by atoms with van der Waals surface area (Å²) in [4.78, 5) is 1.17. The molecule has 0 aliphatic rings. The highest BCUT2D eigenvalue weighted by atomic mass is 32.2. The van der Waals surface area contributed by atoms with Gasteiger partial charge in [0.15, 0.2) is 0 Å². The van der Waals surface area contributed by atoms with Crippen LogP contribution in [0.4, 0.5) is 4.39 Å². The van der Waals surface area contributed by atoms with E-state index in [-0.39, 0.29) is 11.9 Å². The fraction of sp³-hybridized carbons (Fsp3) is 0.294. The Morgan fingerprint density at radius 1 is 1.19 bits per heavy atom. The number of halogens is 1. The van der Waals surface area contributed by atoms with Crippen LogP contribution in [0.1, 0.15) is 25.5 Å². The predicted octanol–water partition coefficient (Wildman–Crippen LogP) is 5.01. The van der Waals surface area contributed by atoms with E-state index in [9.17, 15) is 4.39 Å². The van der Waals surface area contributed by atoms with Gasteiger partial charge in [-0.05, 0) is 56.1 Å². The molecule has 112 valence electrons. The van der Waals surface area contributed by atoms with Gasteiger partial charge in [-0.25, -0.2) is 4.39 Å². The summed E-state index contributed by atoms with van der Waals surface area (Å²) in [6, 6.07) is 12.6. The number of hydrogen-bond acceptors (Lipinski definition) is 3. The third-order valence-electron chi connectivity index (χ3n) is 3.24. The molecule has 2 rings (SSSR count). The molecule has 0 heterocycles. The molecule has 0 bridgehead atoms. The fourth-order valence-electron chi connectivity index (χ4n) is 2.21. The lowest BCUT2D eigenvalue weighted by atomic mass is 10.1. The molecule has 0 spiro atoms. The lowest BCUT2D eigenvalue weighted by molar-refractivity contribution is 0.448. The number of benzene rings is 2. The summed E-state index contributed by atoms with van der Waals surface area (Å²) in [5.74, 6) is 1.02. The number of ether oxygens (including phenoxy) is 1. The predicted molar refractivity (Wildman–Crippen MR) is 86.8 cm³/mol. The van der Waals surface area contributed by atoms with Crippen LogP contribution in [0, 0.1) is 5.82 Å². The highest BCUT2D eigenvalue weighted by Gasteiger charge is 2.16. The normalized spacial score (nSPS) is 12.2. The Hall–Kier alpha value is -1.52. The van der Waals surface area contributed by atoms with E-state index in [0.29, 0.717) is 17.1 Å². The lowest BCUT2D eigenvalue weighted by Crippen LogP contribution is -2.19. The van der Waals surface area contributed by atoms with Crippen molar-refractivity contribution in [3.63, 3.8) is 0 Å². The van der Waals surface area contributed by atoms with Gasteiger partial charge >= 0.3 is 0 Å². The topological polar surface area (TPSA) is 21.3 Å². The minimum atomic E-state index is -0.248. The molecule has 2 aromatic rings. The summed E-state index contributed by atoms with van der Waals surface area (Å²) in [6.45, 7) is 4.71. The molecule has 0 aliphatic carbocycles. The van der Waals surface area contributed by atoms with Gasteiger partial charge in [-0.1, -0.05) is 13.0 Å². The first-order chi connectivity index (χ1) is 10.2. The van der Waals surface area contributed by atoms with Crippen LogP contribution >= 0.6 is 11.8 Å². The molecule has 2 nitrogen and oxygen atoms in total. The average Bonchev–Trinajstić information content (AvgIpc) is 2.48. The van der Waals surface area contributed by atoms with E-state index >= 15 is 0 Å². The van der Waals surface area contributed by atoms with E-state index < -0.39 is 0 Å². The van der Waals surface area contributed by atoms with Crippen molar-refractivity contribution in [2.75, 3.05) is 12.8 Å². The molecule has 21 heavy (non-hydrogen) atoms. The molecule has 0 radical (unpaired) electrons. The molecule has 4 heteroatoms. The molecule has 0 saturated heterocycles. The lowest BCUT2D eigenvalue weighted by Gasteiger charge is -2.18. The highest BCUT2D eigenvalue weighted by molar-refractivity contribution is 7.98. The highest BCUT2D eigenvalue weighted by Crippen LogP contribution is 2.32. The van der Waals surface area contributed by atoms with Crippen molar-refractivity contribution in [2.45, 2.75) is 24.8 Å². The van der Waals surface area contributed by atoms with Crippen molar-refractivity contribution in [3.8, 4) is 11.5 Å². The molecule has 2 aromatic carbocycles. The van der Waals surface area contributed by atoms with Crippen LogP contribution in [0.2, 0.25) is 0 Å². The SMILES string of the molecule is CCNC(C)c1c(F)cccc1Oc1ccc(SC)cc1. The fourth-order valence-corrected chi connectivity index (χ4v) is 2.61. The van der Waals surface area contributed by atoms with Crippen LogP contribution in [0.15, 0.2) is 47.4 Å². The maximum Gasteiger partial charge on any atom is 0.135 e. The van der Waals surface area contributed by atoms with Crippen molar-refractivity contribution in [1.29, 1.82) is 0 Å². The van der Waals surface area contributed by atoms with Gasteiger partial charge in [0.1, 0.15) is 17.3 Å². The first-order valence-electron chi connectivity index (χ1n) is 6.99. The molecule has 0 aliphatic heterocycles. The van der Waals surface area contributed by atoms with Gasteiger partial charge in [0, 0.05) is 16.5 Å². The summed E-state index contributed by atoms with van der Waals surface area (Å²) < 4.78 is 20.0. The van der Waals surface area contributed by atoms with Crippen molar-refractivity contribution in [3.05, 3.63) is 53.8 Å². The van der Waals surface area contributed by atoms with Crippen LogP contribution in [-0.2, 0) is 0 Å². The molecule has 1 N–H and O–H groups in total. The Labute approximate surface area is 129 Å². The quantitative estimate of drug-likeness (QED) is 0.758. The molecule has 0 fully saturated rings. The number of rotatable bonds is 6. The minimum Gasteiger partial charge on any atom is -0.457 e. The smallest absolute Gasteiger partial charge is 0.135 e. The molecular formula is C17H20FNOS. The molecule has 1 unspecified atom stereocenters. The van der Waals surface area contributed by atoms with Gasteiger partial charge in [0.25, 0.3) is 0 Å². The summed E-state index contributed by atoms with van der Waals surface area (Å²) >= 11 is 1.68. The first-order valence-corrected chi connectivity index (χ1v) is 8.22. The summed E-state index contributed by atoms with van der Waals surface area (Å²) in [7, 11) is 0. The van der Waals surface area contributed by atoms with Gasteiger partial charge in [-0.15, -0.1) is 11.8 Å². The van der Waals surface area contributed by atoms with Crippen LogP contribution < -0.4 is 10.1 Å². The largest absolute Gasteiger partial charge is 0.457 e. The van der Waals surface area contributed by atoms with E-state index in [1.807, 2.05) is 44.4 Å². The zero-order chi connectivity index (χ0) is 15.2. The average molecular weight is 305 g/mol. The van der Waals surface area contributed by atoms with Gasteiger partial charge in [0.05, 0.1) is 0 Å². The Kier molecular flexibility index (Phi) is 5.65. The number of nitrogens with one attached hydrogen (secondary N) is 1. The van der Waals surface area contributed by atoms with Crippen molar-refractivity contribution < 1.29 is 9.13 Å². The van der Waals surface area contributed by atoms with Crippen molar-refractivity contribution in [2.24, 2.45) is 0 Å². The molecule has 0 saturated carbocycles. The van der Waals surface area contributed by atoms with Gasteiger partial charge in [-0.3, -0.25) is 0 Å². The zero-order valence-electron chi connectivity index (χ0n) is 12.5. The van der Waals surface area contributed by atoms with Gasteiger partial charge in [-0.2, -0.15) is 0 Å². The summed E-state index contributed by atoms with van der Waals surface area (Å²) in [5, 5.41) is 3.22. The summed E-state index contributed by atoms with van der Waals surface area (Å²) in [5.41, 5.74) is 0.563. The van der Waals surface area contributed by atoms with Gasteiger partial charge in [0.2, 0.25) is 0 Å². The zero-order valence-corrected chi connectivity index (χ0v) is 13.3. The third kappa shape index (κ3) is 3.99. The maximum absolute atomic E-state index is 14.1. The van der Waals surface area contributed by atoms with E-state index in [2.05, 4.69) is 5.32 Å². The van der Waals surface area contributed by atoms with E-state index in [1.165, 1.54) is 11.0 Å². The van der Waals surface area contributed by atoms with E-state index in [4.69, 9.17) is 4.74 Å². The summed E-state index contributed by atoms with van der Waals surface area (Å²) in [6.07, 6.45) is 2.03. The second kappa shape index (κ2) is 7.48. The number of thioether (sulfide) groups is 1. The molecule has 0 amide bonds. The second-order valence-electron chi connectivity index (χ2n) is 4.71. The molecular weight excluding hydrogens is 285 g/mol. The van der Waals surface area contributed by atoms with Crippen LogP contribution in [0.5, 0.6) is 11.5 Å². The van der Waals surface area contributed by atoms with E-state index in [1.54, 1.807) is 23.9 Å². The van der Waals surface area contributed by atoms with Crippen LogP contribution in [0.25, 0.3) is 0 Å².